The first-order valence-corrected chi connectivity index (χ1v) is 7.19. The highest BCUT2D eigenvalue weighted by Crippen LogP contribution is 2.16. The van der Waals surface area contributed by atoms with Gasteiger partial charge in [0.2, 0.25) is 0 Å². The molecule has 1 aromatic heterocycles. The fraction of sp³-hybridized carbons (Fsp3) is 0.286. The third-order valence-electron chi connectivity index (χ3n) is 2.66. The van der Waals surface area contributed by atoms with Crippen molar-refractivity contribution in [1.82, 2.24) is 9.55 Å². The van der Waals surface area contributed by atoms with Crippen LogP contribution in [-0.4, -0.2) is 16.2 Å². The number of halogens is 1. The third-order valence-corrected chi connectivity index (χ3v) is 3.33. The summed E-state index contributed by atoms with van der Waals surface area (Å²) in [5, 5.41) is 0.631. The van der Waals surface area contributed by atoms with E-state index < -0.39 is 0 Å². The molecule has 0 saturated carbocycles. The molecule has 100 valence electrons. The van der Waals surface area contributed by atoms with Gasteiger partial charge in [0.25, 0.3) is 11.6 Å². The molecule has 0 aliphatic heterocycles. The lowest BCUT2D eigenvalue weighted by Gasteiger charge is -2.12. The van der Waals surface area contributed by atoms with Crippen LogP contribution < -0.4 is 10.3 Å². The van der Waals surface area contributed by atoms with Crippen molar-refractivity contribution in [2.45, 2.75) is 19.9 Å². The topological polar surface area (TPSA) is 44.1 Å². The van der Waals surface area contributed by atoms with Gasteiger partial charge in [-0.3, -0.25) is 9.36 Å². The zero-order chi connectivity index (χ0) is 13.8. The highest BCUT2D eigenvalue weighted by Gasteiger charge is 2.11. The average Bonchev–Trinajstić information content (AvgIpc) is 2.41. The molecule has 1 aromatic carbocycles. The Bertz CT molecular complexity index is 664. The maximum Gasteiger partial charge on any atom is 0.300 e. The normalized spacial score (nSPS) is 10.6. The molecule has 0 aliphatic rings. The second kappa shape index (κ2) is 6.18. The number of hydrogen-bond acceptors (Lipinski definition) is 3. The second-order valence-electron chi connectivity index (χ2n) is 4.11. The Balaban J connectivity index is 2.66. The zero-order valence-corrected chi connectivity index (χ0v) is 12.9. The van der Waals surface area contributed by atoms with Crippen molar-refractivity contribution < 1.29 is 4.74 Å². The van der Waals surface area contributed by atoms with E-state index in [-0.39, 0.29) is 5.56 Å². The smallest absolute Gasteiger partial charge is 0.300 e. The van der Waals surface area contributed by atoms with Gasteiger partial charge in [-0.15, -0.1) is 0 Å². The van der Waals surface area contributed by atoms with Gasteiger partial charge in [-0.25, -0.2) is 0 Å². The van der Waals surface area contributed by atoms with E-state index in [0.717, 1.165) is 9.99 Å². The lowest BCUT2D eigenvalue weighted by Crippen LogP contribution is -2.23. The molecule has 0 saturated heterocycles. The van der Waals surface area contributed by atoms with Crippen molar-refractivity contribution in [1.29, 1.82) is 0 Å². The summed E-state index contributed by atoms with van der Waals surface area (Å²) in [4.78, 5) is 16.9. The summed E-state index contributed by atoms with van der Waals surface area (Å²) in [6.45, 7) is 6.56. The Hall–Kier alpha value is -1.37. The summed E-state index contributed by atoms with van der Waals surface area (Å²) in [5.74, 6) is 0. The Morgan fingerprint density at radius 3 is 3.00 bits per heavy atom. The molecule has 19 heavy (non-hydrogen) atoms. The Labute approximate surface area is 125 Å². The molecule has 4 nitrogen and oxygen atoms in total. The molecule has 0 fully saturated rings. The number of rotatable bonds is 5. The summed E-state index contributed by atoms with van der Waals surface area (Å²) < 4.78 is 8.10. The summed E-state index contributed by atoms with van der Waals surface area (Å²) in [6, 6.07) is 5.99. The molecule has 0 atom stereocenters. The van der Waals surface area contributed by atoms with E-state index in [1.807, 2.05) is 25.1 Å². The third kappa shape index (κ3) is 2.97. The van der Waals surface area contributed by atoms with Gasteiger partial charge in [-0.1, -0.05) is 19.6 Å². The zero-order valence-electron chi connectivity index (χ0n) is 10.7. The standard InChI is InChI=1S/C14H15IN2O2/c1-3-7-17-13(18)11-9-10(15)5-6-12(11)16-14(17)19-8-4-2/h4-6,9H,2-3,7-8H2,1H3. The van der Waals surface area contributed by atoms with Crippen LogP contribution in [0, 0.1) is 3.57 Å². The molecule has 0 aliphatic carbocycles. The maximum atomic E-state index is 12.5. The lowest BCUT2D eigenvalue weighted by atomic mass is 10.2. The Kier molecular flexibility index (Phi) is 4.57. The van der Waals surface area contributed by atoms with Crippen LogP contribution in [0.4, 0.5) is 0 Å². The van der Waals surface area contributed by atoms with Gasteiger partial charge in [0.1, 0.15) is 6.61 Å². The van der Waals surface area contributed by atoms with E-state index in [9.17, 15) is 4.79 Å². The molecule has 5 heteroatoms. The van der Waals surface area contributed by atoms with E-state index >= 15 is 0 Å². The van der Waals surface area contributed by atoms with Crippen molar-refractivity contribution >= 4 is 33.5 Å². The summed E-state index contributed by atoms with van der Waals surface area (Å²) >= 11 is 2.19. The minimum atomic E-state index is -0.0515. The predicted octanol–water partition coefficient (Wildman–Crippen LogP) is 2.98. The van der Waals surface area contributed by atoms with Crippen LogP contribution in [0.25, 0.3) is 10.9 Å². The summed E-state index contributed by atoms with van der Waals surface area (Å²) in [6.07, 6.45) is 2.49. The number of benzene rings is 1. The molecular weight excluding hydrogens is 355 g/mol. The SMILES string of the molecule is C=CCOc1nc2ccc(I)cc2c(=O)n1CCC. The minimum Gasteiger partial charge on any atom is -0.460 e. The molecule has 0 radical (unpaired) electrons. The molecule has 1 heterocycles. The molecule has 0 N–H and O–H groups in total. The summed E-state index contributed by atoms with van der Waals surface area (Å²) in [7, 11) is 0. The first-order chi connectivity index (χ1) is 9.17. The van der Waals surface area contributed by atoms with Crippen molar-refractivity contribution in [3.63, 3.8) is 0 Å². The van der Waals surface area contributed by atoms with E-state index in [1.54, 1.807) is 10.6 Å². The highest BCUT2D eigenvalue weighted by atomic mass is 127. The van der Waals surface area contributed by atoms with Crippen LogP contribution >= 0.6 is 22.6 Å². The molecular formula is C14H15IN2O2. The van der Waals surface area contributed by atoms with Crippen molar-refractivity contribution in [3.8, 4) is 6.01 Å². The van der Waals surface area contributed by atoms with Crippen LogP contribution in [0.5, 0.6) is 6.01 Å². The molecule has 0 unspecified atom stereocenters. The van der Waals surface area contributed by atoms with Crippen LogP contribution in [0.3, 0.4) is 0 Å². The van der Waals surface area contributed by atoms with Gasteiger partial charge in [0.15, 0.2) is 0 Å². The fourth-order valence-corrected chi connectivity index (χ4v) is 2.33. The first kappa shape index (κ1) is 14.0. The van der Waals surface area contributed by atoms with E-state index in [4.69, 9.17) is 4.74 Å². The Morgan fingerprint density at radius 1 is 1.53 bits per heavy atom. The molecule has 0 bridgehead atoms. The molecule has 2 aromatic rings. The van der Waals surface area contributed by atoms with Crippen LogP contribution in [-0.2, 0) is 6.54 Å². The van der Waals surface area contributed by atoms with Crippen LogP contribution in [0.1, 0.15) is 13.3 Å². The first-order valence-electron chi connectivity index (χ1n) is 6.11. The van der Waals surface area contributed by atoms with E-state index in [0.29, 0.717) is 30.1 Å². The number of aromatic nitrogens is 2. The maximum absolute atomic E-state index is 12.5. The van der Waals surface area contributed by atoms with Crippen molar-refractivity contribution in [2.75, 3.05) is 6.61 Å². The Morgan fingerprint density at radius 2 is 2.32 bits per heavy atom. The minimum absolute atomic E-state index is 0.0515. The number of nitrogens with zero attached hydrogens (tertiary/aromatic N) is 2. The van der Waals surface area contributed by atoms with E-state index in [2.05, 4.69) is 34.2 Å². The molecule has 0 spiro atoms. The monoisotopic (exact) mass is 370 g/mol. The average molecular weight is 370 g/mol. The number of hydrogen-bond donors (Lipinski definition) is 0. The van der Waals surface area contributed by atoms with Gasteiger partial charge < -0.3 is 4.74 Å². The highest BCUT2D eigenvalue weighted by molar-refractivity contribution is 14.1. The lowest BCUT2D eigenvalue weighted by molar-refractivity contribution is 0.308. The second-order valence-corrected chi connectivity index (χ2v) is 5.36. The largest absolute Gasteiger partial charge is 0.460 e. The van der Waals surface area contributed by atoms with Crippen molar-refractivity contribution in [2.24, 2.45) is 0 Å². The molecule has 0 amide bonds. The van der Waals surface area contributed by atoms with Gasteiger partial charge in [-0.2, -0.15) is 4.98 Å². The van der Waals surface area contributed by atoms with Crippen molar-refractivity contribution in [3.05, 3.63) is 44.8 Å². The predicted molar refractivity (Wildman–Crippen MR) is 84.7 cm³/mol. The quantitative estimate of drug-likeness (QED) is 0.601. The van der Waals surface area contributed by atoms with Crippen LogP contribution in [0.15, 0.2) is 35.6 Å². The van der Waals surface area contributed by atoms with Gasteiger partial charge in [0, 0.05) is 10.1 Å². The van der Waals surface area contributed by atoms with Gasteiger partial charge in [0.05, 0.1) is 10.9 Å². The van der Waals surface area contributed by atoms with E-state index in [1.165, 1.54) is 0 Å². The molecule has 2 rings (SSSR count). The van der Waals surface area contributed by atoms with Gasteiger partial charge in [-0.05, 0) is 47.2 Å². The van der Waals surface area contributed by atoms with Crippen LogP contribution in [0.2, 0.25) is 0 Å². The fourth-order valence-electron chi connectivity index (χ4n) is 1.84. The number of fused-ring (bicyclic) bond motifs is 1. The number of ether oxygens (including phenoxy) is 1. The summed E-state index contributed by atoms with van der Waals surface area (Å²) in [5.41, 5.74) is 0.612. The van der Waals surface area contributed by atoms with Gasteiger partial charge >= 0.3 is 0 Å².